The van der Waals surface area contributed by atoms with Gasteiger partial charge in [0.05, 0.1) is 12.3 Å². The standard InChI is InChI=1S/C24H34N2O2.ClH/c1-5-27-23-9-7-6-8-22(23)26-14-12-25(13-15-26)16-17-28-24-18-20(4)10-11-21(24)19(2)3;/h6-11,18-19H,5,12-17H2,1-4H3;1H. The van der Waals surface area contributed by atoms with E-state index in [1.54, 1.807) is 0 Å². The third-order valence-corrected chi connectivity index (χ3v) is 5.33. The van der Waals surface area contributed by atoms with E-state index in [0.717, 1.165) is 50.8 Å². The van der Waals surface area contributed by atoms with Crippen LogP contribution in [0.1, 0.15) is 37.8 Å². The summed E-state index contributed by atoms with van der Waals surface area (Å²) in [6.07, 6.45) is 0. The van der Waals surface area contributed by atoms with Crippen LogP contribution < -0.4 is 14.4 Å². The van der Waals surface area contributed by atoms with Crippen molar-refractivity contribution in [1.29, 1.82) is 0 Å². The molecule has 3 rings (SSSR count). The van der Waals surface area contributed by atoms with Crippen LogP contribution in [0.3, 0.4) is 0 Å². The maximum atomic E-state index is 6.17. The molecule has 2 aromatic carbocycles. The lowest BCUT2D eigenvalue weighted by molar-refractivity contribution is 0.199. The van der Waals surface area contributed by atoms with Gasteiger partial charge in [0.15, 0.2) is 0 Å². The number of rotatable bonds is 8. The molecule has 0 saturated carbocycles. The third-order valence-electron chi connectivity index (χ3n) is 5.33. The van der Waals surface area contributed by atoms with E-state index in [-0.39, 0.29) is 12.4 Å². The van der Waals surface area contributed by atoms with Crippen LogP contribution in [0.25, 0.3) is 0 Å². The van der Waals surface area contributed by atoms with Crippen molar-refractivity contribution >= 4 is 18.1 Å². The van der Waals surface area contributed by atoms with Gasteiger partial charge in [0.1, 0.15) is 18.1 Å². The van der Waals surface area contributed by atoms with Crippen LogP contribution >= 0.6 is 12.4 Å². The topological polar surface area (TPSA) is 24.9 Å². The number of benzene rings is 2. The van der Waals surface area contributed by atoms with Crippen molar-refractivity contribution < 1.29 is 9.47 Å². The zero-order chi connectivity index (χ0) is 19.9. The van der Waals surface area contributed by atoms with Gasteiger partial charge in [-0.3, -0.25) is 4.90 Å². The highest BCUT2D eigenvalue weighted by molar-refractivity contribution is 5.85. The monoisotopic (exact) mass is 418 g/mol. The SMILES string of the molecule is CCOc1ccccc1N1CCN(CCOc2cc(C)ccc2C(C)C)CC1.Cl. The highest BCUT2D eigenvalue weighted by Crippen LogP contribution is 2.29. The highest BCUT2D eigenvalue weighted by atomic mass is 35.5. The quantitative estimate of drug-likeness (QED) is 0.592. The summed E-state index contributed by atoms with van der Waals surface area (Å²) in [7, 11) is 0. The summed E-state index contributed by atoms with van der Waals surface area (Å²) in [5.74, 6) is 2.51. The lowest BCUT2D eigenvalue weighted by Crippen LogP contribution is -2.47. The van der Waals surface area contributed by atoms with Crippen LogP contribution in [-0.2, 0) is 0 Å². The molecule has 4 nitrogen and oxygen atoms in total. The summed E-state index contributed by atoms with van der Waals surface area (Å²) in [6, 6.07) is 14.9. The molecule has 1 aliphatic heterocycles. The lowest BCUT2D eigenvalue weighted by Gasteiger charge is -2.36. The first-order valence-corrected chi connectivity index (χ1v) is 10.5. The second-order valence-electron chi connectivity index (χ2n) is 7.77. The molecule has 0 aliphatic carbocycles. The van der Waals surface area contributed by atoms with Crippen LogP contribution in [0.5, 0.6) is 11.5 Å². The Labute approximate surface area is 182 Å². The second kappa shape index (κ2) is 11.3. The number of ether oxygens (including phenoxy) is 2. The zero-order valence-corrected chi connectivity index (χ0v) is 19.0. The molecule has 160 valence electrons. The molecule has 2 aromatic rings. The van der Waals surface area contributed by atoms with Crippen molar-refractivity contribution in [3.8, 4) is 11.5 Å². The number of hydrogen-bond acceptors (Lipinski definition) is 4. The van der Waals surface area contributed by atoms with Crippen molar-refractivity contribution in [2.24, 2.45) is 0 Å². The molecule has 1 fully saturated rings. The summed E-state index contributed by atoms with van der Waals surface area (Å²) < 4.78 is 12.0. The summed E-state index contributed by atoms with van der Waals surface area (Å²) in [5, 5.41) is 0. The molecule has 0 unspecified atom stereocenters. The minimum atomic E-state index is 0. The maximum Gasteiger partial charge on any atom is 0.142 e. The molecule has 0 N–H and O–H groups in total. The fraction of sp³-hybridized carbons (Fsp3) is 0.500. The smallest absolute Gasteiger partial charge is 0.142 e. The Bertz CT molecular complexity index is 758. The molecular formula is C24H35ClN2O2. The predicted molar refractivity (Wildman–Crippen MR) is 124 cm³/mol. The number of nitrogens with zero attached hydrogens (tertiary/aromatic N) is 2. The molecule has 5 heteroatoms. The minimum Gasteiger partial charge on any atom is -0.492 e. The minimum absolute atomic E-state index is 0. The van der Waals surface area contributed by atoms with E-state index in [4.69, 9.17) is 9.47 Å². The summed E-state index contributed by atoms with van der Waals surface area (Å²) in [6.45, 7) is 15.1. The summed E-state index contributed by atoms with van der Waals surface area (Å²) in [5.41, 5.74) is 3.76. The molecule has 0 amide bonds. The number of anilines is 1. The molecule has 0 bridgehead atoms. The summed E-state index contributed by atoms with van der Waals surface area (Å²) >= 11 is 0. The molecule has 0 aromatic heterocycles. The van der Waals surface area contributed by atoms with Crippen LogP contribution in [0.15, 0.2) is 42.5 Å². The first-order valence-electron chi connectivity index (χ1n) is 10.5. The molecule has 0 spiro atoms. The van der Waals surface area contributed by atoms with Gasteiger partial charge in [0.2, 0.25) is 0 Å². The van der Waals surface area contributed by atoms with E-state index in [1.807, 2.05) is 13.0 Å². The van der Waals surface area contributed by atoms with Gasteiger partial charge >= 0.3 is 0 Å². The Balaban J connectivity index is 0.00000300. The Kier molecular flexibility index (Phi) is 9.12. The summed E-state index contributed by atoms with van der Waals surface area (Å²) in [4.78, 5) is 4.92. The van der Waals surface area contributed by atoms with Gasteiger partial charge in [-0.15, -0.1) is 12.4 Å². The molecule has 29 heavy (non-hydrogen) atoms. The van der Waals surface area contributed by atoms with E-state index >= 15 is 0 Å². The van der Waals surface area contributed by atoms with Crippen molar-refractivity contribution in [3.05, 3.63) is 53.6 Å². The molecule has 0 radical (unpaired) electrons. The fourth-order valence-corrected chi connectivity index (χ4v) is 3.74. The molecule has 1 saturated heterocycles. The second-order valence-corrected chi connectivity index (χ2v) is 7.77. The van der Waals surface area contributed by atoms with Crippen LogP contribution in [-0.4, -0.2) is 50.8 Å². The first-order chi connectivity index (χ1) is 13.6. The molecule has 1 aliphatic rings. The Morgan fingerprint density at radius 2 is 1.66 bits per heavy atom. The number of para-hydroxylation sites is 2. The average Bonchev–Trinajstić information content (AvgIpc) is 2.69. The van der Waals surface area contributed by atoms with Crippen molar-refractivity contribution in [1.82, 2.24) is 4.90 Å². The fourth-order valence-electron chi connectivity index (χ4n) is 3.74. The van der Waals surface area contributed by atoms with Crippen molar-refractivity contribution in [2.75, 3.05) is 50.8 Å². The zero-order valence-electron chi connectivity index (χ0n) is 18.2. The van der Waals surface area contributed by atoms with Gasteiger partial charge in [-0.25, -0.2) is 0 Å². The van der Waals surface area contributed by atoms with Gasteiger partial charge in [0, 0.05) is 32.7 Å². The van der Waals surface area contributed by atoms with Crippen LogP contribution in [0.4, 0.5) is 5.69 Å². The van der Waals surface area contributed by atoms with Gasteiger partial charge in [-0.05, 0) is 49.1 Å². The predicted octanol–water partition coefficient (Wildman–Crippen LogP) is 5.14. The number of hydrogen-bond donors (Lipinski definition) is 0. The number of piperazine rings is 1. The van der Waals surface area contributed by atoms with E-state index in [9.17, 15) is 0 Å². The maximum absolute atomic E-state index is 6.17. The largest absolute Gasteiger partial charge is 0.492 e. The van der Waals surface area contributed by atoms with E-state index in [0.29, 0.717) is 12.5 Å². The van der Waals surface area contributed by atoms with Crippen LogP contribution in [0, 0.1) is 6.92 Å². The average molecular weight is 419 g/mol. The Morgan fingerprint density at radius 3 is 2.34 bits per heavy atom. The van der Waals surface area contributed by atoms with Crippen molar-refractivity contribution in [2.45, 2.75) is 33.6 Å². The Hall–Kier alpha value is -1.91. The Morgan fingerprint density at radius 1 is 0.931 bits per heavy atom. The lowest BCUT2D eigenvalue weighted by atomic mass is 10.0. The molecule has 0 atom stereocenters. The van der Waals surface area contributed by atoms with Crippen molar-refractivity contribution in [3.63, 3.8) is 0 Å². The first kappa shape index (κ1) is 23.4. The van der Waals surface area contributed by atoms with E-state index in [2.05, 4.69) is 67.0 Å². The highest BCUT2D eigenvalue weighted by Gasteiger charge is 2.19. The number of aryl methyl sites for hydroxylation is 1. The van der Waals surface area contributed by atoms with Gasteiger partial charge in [0.25, 0.3) is 0 Å². The normalized spacial score (nSPS) is 14.6. The third kappa shape index (κ3) is 6.28. The van der Waals surface area contributed by atoms with E-state index in [1.165, 1.54) is 16.8 Å². The van der Waals surface area contributed by atoms with Gasteiger partial charge < -0.3 is 14.4 Å². The van der Waals surface area contributed by atoms with Crippen LogP contribution in [0.2, 0.25) is 0 Å². The van der Waals surface area contributed by atoms with Gasteiger partial charge in [-0.2, -0.15) is 0 Å². The van der Waals surface area contributed by atoms with E-state index < -0.39 is 0 Å². The molecule has 1 heterocycles. The van der Waals surface area contributed by atoms with Gasteiger partial charge in [-0.1, -0.05) is 38.1 Å². The number of halogens is 1. The molecular weight excluding hydrogens is 384 g/mol.